The number of hydrogen-bond acceptors (Lipinski definition) is 3. The Morgan fingerprint density at radius 2 is 1.94 bits per heavy atom. The zero-order valence-electron chi connectivity index (χ0n) is 10.6. The second-order valence-electron chi connectivity index (χ2n) is 4.39. The minimum atomic E-state index is -3.04. The van der Waals surface area contributed by atoms with Gasteiger partial charge in [0.05, 0.1) is 5.75 Å². The van der Waals surface area contributed by atoms with Crippen molar-refractivity contribution in [1.82, 2.24) is 0 Å². The Hall–Kier alpha value is -0.940. The molecule has 1 rings (SSSR count). The predicted octanol–water partition coefficient (Wildman–Crippen LogP) is 2.08. The molecule has 0 aliphatic heterocycles. The largest absolute Gasteiger partial charge is 0.330 e. The molecule has 0 amide bonds. The van der Waals surface area contributed by atoms with Gasteiger partial charge in [0.15, 0.2) is 0 Å². The van der Waals surface area contributed by atoms with E-state index in [4.69, 9.17) is 5.73 Å². The standard InChI is InChI=1S/C13H20FNO2S/c1-2-8-18(16,17)9-7-11(10-15)12-5-3-4-6-13(12)14/h3-6,11H,2,7-10,15H2,1H3. The van der Waals surface area contributed by atoms with Gasteiger partial charge in [0.1, 0.15) is 15.7 Å². The van der Waals surface area contributed by atoms with Crippen LogP contribution in [0.3, 0.4) is 0 Å². The molecule has 18 heavy (non-hydrogen) atoms. The lowest BCUT2D eigenvalue weighted by molar-refractivity contribution is 0.559. The molecule has 1 atom stereocenters. The molecular weight excluding hydrogens is 253 g/mol. The Morgan fingerprint density at radius 3 is 2.50 bits per heavy atom. The van der Waals surface area contributed by atoms with Gasteiger partial charge in [-0.1, -0.05) is 25.1 Å². The highest BCUT2D eigenvalue weighted by Gasteiger charge is 2.17. The fraction of sp³-hybridized carbons (Fsp3) is 0.538. The fourth-order valence-corrected chi connectivity index (χ4v) is 3.41. The van der Waals surface area contributed by atoms with Crippen LogP contribution in [-0.2, 0) is 9.84 Å². The molecule has 0 spiro atoms. The first-order chi connectivity index (χ1) is 8.50. The first-order valence-electron chi connectivity index (χ1n) is 6.15. The molecular formula is C13H20FNO2S. The lowest BCUT2D eigenvalue weighted by atomic mass is 9.96. The Balaban J connectivity index is 2.72. The van der Waals surface area contributed by atoms with Gasteiger partial charge in [-0.05, 0) is 36.9 Å². The molecule has 2 N–H and O–H groups in total. The van der Waals surface area contributed by atoms with Crippen molar-refractivity contribution in [3.63, 3.8) is 0 Å². The Morgan fingerprint density at radius 1 is 1.28 bits per heavy atom. The van der Waals surface area contributed by atoms with Gasteiger partial charge in [-0.15, -0.1) is 0 Å². The monoisotopic (exact) mass is 273 g/mol. The molecule has 1 aromatic rings. The lowest BCUT2D eigenvalue weighted by Gasteiger charge is -2.15. The van der Waals surface area contributed by atoms with E-state index in [9.17, 15) is 12.8 Å². The van der Waals surface area contributed by atoms with Crippen molar-refractivity contribution in [2.45, 2.75) is 25.7 Å². The predicted molar refractivity (Wildman–Crippen MR) is 71.8 cm³/mol. The van der Waals surface area contributed by atoms with Crippen LogP contribution in [-0.4, -0.2) is 26.5 Å². The van der Waals surface area contributed by atoms with Crippen LogP contribution in [0.1, 0.15) is 31.2 Å². The summed E-state index contributed by atoms with van der Waals surface area (Å²) in [5, 5.41) is 0. The van der Waals surface area contributed by atoms with E-state index in [1.54, 1.807) is 18.2 Å². The van der Waals surface area contributed by atoms with Crippen molar-refractivity contribution in [3.05, 3.63) is 35.6 Å². The number of hydrogen-bond donors (Lipinski definition) is 1. The molecule has 1 unspecified atom stereocenters. The maximum Gasteiger partial charge on any atom is 0.150 e. The molecule has 5 heteroatoms. The van der Waals surface area contributed by atoms with Crippen LogP contribution in [0.25, 0.3) is 0 Å². The smallest absolute Gasteiger partial charge is 0.150 e. The van der Waals surface area contributed by atoms with Crippen molar-refractivity contribution in [3.8, 4) is 0 Å². The Labute approximate surface area is 108 Å². The average molecular weight is 273 g/mol. The highest BCUT2D eigenvalue weighted by atomic mass is 32.2. The van der Waals surface area contributed by atoms with Crippen LogP contribution in [0.15, 0.2) is 24.3 Å². The Bertz CT molecular complexity index is 474. The molecule has 0 aromatic heterocycles. The van der Waals surface area contributed by atoms with E-state index in [2.05, 4.69) is 0 Å². The van der Waals surface area contributed by atoms with Gasteiger partial charge in [-0.2, -0.15) is 0 Å². The Kier molecular flexibility index (Phi) is 5.75. The summed E-state index contributed by atoms with van der Waals surface area (Å²) in [6.07, 6.45) is 0.981. The van der Waals surface area contributed by atoms with Crippen LogP contribution in [0, 0.1) is 5.82 Å². The van der Waals surface area contributed by atoms with Crippen molar-refractivity contribution in [1.29, 1.82) is 0 Å². The third kappa shape index (κ3) is 4.38. The topological polar surface area (TPSA) is 60.2 Å². The lowest BCUT2D eigenvalue weighted by Crippen LogP contribution is -2.19. The molecule has 3 nitrogen and oxygen atoms in total. The zero-order valence-corrected chi connectivity index (χ0v) is 11.4. The fourth-order valence-electron chi connectivity index (χ4n) is 1.94. The quantitative estimate of drug-likeness (QED) is 0.827. The van der Waals surface area contributed by atoms with Gasteiger partial charge in [0.25, 0.3) is 0 Å². The summed E-state index contributed by atoms with van der Waals surface area (Å²) < 4.78 is 36.9. The summed E-state index contributed by atoms with van der Waals surface area (Å²) in [4.78, 5) is 0. The second-order valence-corrected chi connectivity index (χ2v) is 6.70. The molecule has 0 bridgehead atoms. The second kappa shape index (κ2) is 6.85. The summed E-state index contributed by atoms with van der Waals surface area (Å²) in [6, 6.07) is 6.39. The average Bonchev–Trinajstić information content (AvgIpc) is 2.32. The molecule has 1 aromatic carbocycles. The number of sulfone groups is 1. The van der Waals surface area contributed by atoms with E-state index in [0.717, 1.165) is 0 Å². The number of halogens is 1. The van der Waals surface area contributed by atoms with Gasteiger partial charge in [0, 0.05) is 5.75 Å². The molecule has 0 radical (unpaired) electrons. The van der Waals surface area contributed by atoms with Gasteiger partial charge in [-0.3, -0.25) is 0 Å². The highest BCUT2D eigenvalue weighted by Crippen LogP contribution is 2.22. The van der Waals surface area contributed by atoms with Crippen molar-refractivity contribution in [2.24, 2.45) is 5.73 Å². The van der Waals surface area contributed by atoms with Crippen molar-refractivity contribution >= 4 is 9.84 Å². The normalized spacial score (nSPS) is 13.5. The third-order valence-corrected chi connectivity index (χ3v) is 4.81. The van der Waals surface area contributed by atoms with E-state index in [0.29, 0.717) is 18.4 Å². The van der Waals surface area contributed by atoms with Crippen molar-refractivity contribution < 1.29 is 12.8 Å². The van der Waals surface area contributed by atoms with Crippen LogP contribution < -0.4 is 5.73 Å². The first kappa shape index (κ1) is 15.1. The van der Waals surface area contributed by atoms with Gasteiger partial charge in [0.2, 0.25) is 0 Å². The summed E-state index contributed by atoms with van der Waals surface area (Å²) >= 11 is 0. The van der Waals surface area contributed by atoms with Gasteiger partial charge < -0.3 is 5.73 Å². The van der Waals surface area contributed by atoms with E-state index in [-0.39, 0.29) is 29.8 Å². The minimum absolute atomic E-state index is 0.0665. The van der Waals surface area contributed by atoms with Crippen LogP contribution in [0.4, 0.5) is 4.39 Å². The highest BCUT2D eigenvalue weighted by molar-refractivity contribution is 7.91. The van der Waals surface area contributed by atoms with Crippen LogP contribution in [0.5, 0.6) is 0 Å². The van der Waals surface area contributed by atoms with Crippen molar-refractivity contribution in [2.75, 3.05) is 18.1 Å². The van der Waals surface area contributed by atoms with E-state index in [1.807, 2.05) is 6.92 Å². The molecule has 0 saturated heterocycles. The number of nitrogens with two attached hydrogens (primary N) is 1. The van der Waals surface area contributed by atoms with E-state index in [1.165, 1.54) is 6.07 Å². The molecule has 0 fully saturated rings. The third-order valence-electron chi connectivity index (χ3n) is 2.92. The zero-order chi connectivity index (χ0) is 13.6. The summed E-state index contributed by atoms with van der Waals surface area (Å²) in [5.74, 6) is -0.308. The minimum Gasteiger partial charge on any atom is -0.330 e. The van der Waals surface area contributed by atoms with Gasteiger partial charge >= 0.3 is 0 Å². The summed E-state index contributed by atoms with van der Waals surface area (Å²) in [5.41, 5.74) is 6.12. The summed E-state index contributed by atoms with van der Waals surface area (Å²) in [6.45, 7) is 2.08. The van der Waals surface area contributed by atoms with Gasteiger partial charge in [-0.25, -0.2) is 12.8 Å². The van der Waals surface area contributed by atoms with E-state index < -0.39 is 9.84 Å². The van der Waals surface area contributed by atoms with E-state index >= 15 is 0 Å². The maximum absolute atomic E-state index is 13.6. The summed E-state index contributed by atoms with van der Waals surface area (Å²) in [7, 11) is -3.04. The molecule has 0 aliphatic carbocycles. The molecule has 102 valence electrons. The maximum atomic E-state index is 13.6. The molecule has 0 heterocycles. The first-order valence-corrected chi connectivity index (χ1v) is 7.97. The number of rotatable bonds is 7. The molecule has 0 saturated carbocycles. The molecule has 0 aliphatic rings. The number of benzene rings is 1. The SMILES string of the molecule is CCCS(=O)(=O)CCC(CN)c1ccccc1F. The van der Waals surface area contributed by atoms with Crippen LogP contribution in [0.2, 0.25) is 0 Å². The van der Waals surface area contributed by atoms with Crippen LogP contribution >= 0.6 is 0 Å².